The van der Waals surface area contributed by atoms with E-state index in [9.17, 15) is 23.3 Å². The number of aromatic nitrogens is 2. The van der Waals surface area contributed by atoms with Crippen molar-refractivity contribution in [1.82, 2.24) is 14.2 Å². The Kier molecular flexibility index (Phi) is 7.19. The van der Waals surface area contributed by atoms with Gasteiger partial charge in [-0.15, -0.1) is 0 Å². The standard InChI is InChI=1S/C21H19N5O6S/c1-25(31-2)33(29,30)18-10-6-7-15(11-18)21(28)32-14-19(27)24-20-16(12-22)13-23-26(20)17-8-4-3-5-9-17/h3-11,13H,14H2,1-2H3,(H,24,27). The molecular formula is C21H19N5O6S. The van der Waals surface area contributed by atoms with Gasteiger partial charge in [-0.2, -0.15) is 10.4 Å². The average molecular weight is 469 g/mol. The fourth-order valence-corrected chi connectivity index (χ4v) is 3.75. The first-order valence-electron chi connectivity index (χ1n) is 9.41. The van der Waals surface area contributed by atoms with E-state index < -0.39 is 28.5 Å². The van der Waals surface area contributed by atoms with Gasteiger partial charge in [0.25, 0.3) is 15.9 Å². The predicted molar refractivity (Wildman–Crippen MR) is 116 cm³/mol. The second-order valence-electron chi connectivity index (χ2n) is 6.52. The number of carbonyl (C=O) groups excluding carboxylic acids is 2. The first kappa shape index (κ1) is 23.6. The molecule has 0 aliphatic rings. The number of nitriles is 1. The van der Waals surface area contributed by atoms with Gasteiger partial charge in [0.2, 0.25) is 0 Å². The van der Waals surface area contributed by atoms with Gasteiger partial charge in [-0.3, -0.25) is 9.63 Å². The van der Waals surface area contributed by atoms with Gasteiger partial charge in [0.1, 0.15) is 11.6 Å². The van der Waals surface area contributed by atoms with E-state index in [1.54, 1.807) is 24.3 Å². The number of nitrogens with zero attached hydrogens (tertiary/aromatic N) is 4. The summed E-state index contributed by atoms with van der Waals surface area (Å²) < 4.78 is 31.7. The van der Waals surface area contributed by atoms with Crippen LogP contribution in [-0.4, -0.2) is 55.3 Å². The number of ether oxygens (including phenoxy) is 1. The molecule has 0 spiro atoms. The summed E-state index contributed by atoms with van der Waals surface area (Å²) >= 11 is 0. The molecule has 33 heavy (non-hydrogen) atoms. The topological polar surface area (TPSA) is 144 Å². The maximum Gasteiger partial charge on any atom is 0.338 e. The number of hydrogen-bond donors (Lipinski definition) is 1. The van der Waals surface area contributed by atoms with Crippen molar-refractivity contribution >= 4 is 27.7 Å². The Morgan fingerprint density at radius 2 is 1.91 bits per heavy atom. The van der Waals surface area contributed by atoms with E-state index in [0.29, 0.717) is 10.2 Å². The Morgan fingerprint density at radius 1 is 1.18 bits per heavy atom. The summed E-state index contributed by atoms with van der Waals surface area (Å²) in [4.78, 5) is 29.3. The van der Waals surface area contributed by atoms with Crippen LogP contribution in [0.1, 0.15) is 15.9 Å². The monoisotopic (exact) mass is 469 g/mol. The number of benzene rings is 2. The highest BCUT2D eigenvalue weighted by Crippen LogP contribution is 2.20. The summed E-state index contributed by atoms with van der Waals surface area (Å²) in [7, 11) is -1.57. The van der Waals surface area contributed by atoms with Gasteiger partial charge in [0, 0.05) is 7.05 Å². The molecule has 0 aliphatic heterocycles. The third-order valence-electron chi connectivity index (χ3n) is 4.45. The molecule has 1 amide bonds. The quantitative estimate of drug-likeness (QED) is 0.388. The van der Waals surface area contributed by atoms with Crippen LogP contribution in [0.25, 0.3) is 5.69 Å². The number of amides is 1. The van der Waals surface area contributed by atoms with E-state index >= 15 is 0 Å². The molecule has 0 saturated carbocycles. The van der Waals surface area contributed by atoms with Gasteiger partial charge in [0.05, 0.1) is 29.5 Å². The number of nitrogens with one attached hydrogen (secondary N) is 1. The number of anilines is 1. The lowest BCUT2D eigenvalue weighted by Gasteiger charge is -2.14. The zero-order valence-electron chi connectivity index (χ0n) is 17.6. The third-order valence-corrected chi connectivity index (χ3v) is 6.12. The van der Waals surface area contributed by atoms with Crippen molar-refractivity contribution in [3.63, 3.8) is 0 Å². The molecule has 11 nitrogen and oxygen atoms in total. The SMILES string of the molecule is CON(C)S(=O)(=O)c1cccc(C(=O)OCC(=O)Nc2c(C#N)cnn2-c2ccccc2)c1. The van der Waals surface area contributed by atoms with Crippen LogP contribution in [0.5, 0.6) is 0 Å². The lowest BCUT2D eigenvalue weighted by atomic mass is 10.2. The minimum atomic E-state index is -3.97. The van der Waals surface area contributed by atoms with Gasteiger partial charge in [-0.25, -0.2) is 17.9 Å². The van der Waals surface area contributed by atoms with E-state index in [1.807, 2.05) is 12.1 Å². The van der Waals surface area contributed by atoms with Crippen molar-refractivity contribution in [2.24, 2.45) is 0 Å². The molecule has 0 bridgehead atoms. The summed E-state index contributed by atoms with van der Waals surface area (Å²) in [5.41, 5.74) is 0.671. The van der Waals surface area contributed by atoms with Gasteiger partial charge >= 0.3 is 5.97 Å². The molecule has 170 valence electrons. The Balaban J connectivity index is 1.71. The molecule has 0 atom stereocenters. The van der Waals surface area contributed by atoms with Crippen LogP contribution in [0.4, 0.5) is 5.82 Å². The first-order valence-corrected chi connectivity index (χ1v) is 10.9. The highest BCUT2D eigenvalue weighted by atomic mass is 32.2. The number of esters is 1. The molecule has 0 radical (unpaired) electrons. The zero-order valence-corrected chi connectivity index (χ0v) is 18.4. The molecule has 3 rings (SSSR count). The molecule has 1 N–H and O–H groups in total. The van der Waals surface area contributed by atoms with Crippen LogP contribution in [0.2, 0.25) is 0 Å². The van der Waals surface area contributed by atoms with Crippen molar-refractivity contribution in [2.45, 2.75) is 4.90 Å². The maximum atomic E-state index is 12.4. The van der Waals surface area contributed by atoms with E-state index in [0.717, 1.165) is 6.07 Å². The van der Waals surface area contributed by atoms with Gasteiger partial charge in [0.15, 0.2) is 12.4 Å². The number of rotatable bonds is 8. The van der Waals surface area contributed by atoms with Crippen LogP contribution in [0.3, 0.4) is 0 Å². The maximum absolute atomic E-state index is 12.4. The smallest absolute Gasteiger partial charge is 0.338 e. The lowest BCUT2D eigenvalue weighted by molar-refractivity contribution is -0.119. The fraction of sp³-hybridized carbons (Fsp3) is 0.143. The molecule has 0 fully saturated rings. The van der Waals surface area contributed by atoms with Crippen LogP contribution in [0.15, 0.2) is 65.7 Å². The second kappa shape index (κ2) is 10.0. The third kappa shape index (κ3) is 5.24. The van der Waals surface area contributed by atoms with E-state index in [2.05, 4.69) is 10.4 Å². The van der Waals surface area contributed by atoms with Gasteiger partial charge < -0.3 is 10.1 Å². The van der Waals surface area contributed by atoms with Crippen LogP contribution in [-0.2, 0) is 24.4 Å². The Hall–Kier alpha value is -4.05. The number of sulfonamides is 1. The highest BCUT2D eigenvalue weighted by Gasteiger charge is 2.23. The van der Waals surface area contributed by atoms with Crippen molar-refractivity contribution in [3.05, 3.63) is 71.9 Å². The van der Waals surface area contributed by atoms with E-state index in [4.69, 9.17) is 9.57 Å². The molecule has 0 aliphatic carbocycles. The Morgan fingerprint density at radius 3 is 2.58 bits per heavy atom. The molecular weight excluding hydrogens is 450 g/mol. The number of hydrogen-bond acceptors (Lipinski definition) is 8. The van der Waals surface area contributed by atoms with Crippen LogP contribution < -0.4 is 5.32 Å². The lowest BCUT2D eigenvalue weighted by Crippen LogP contribution is -2.26. The molecule has 0 saturated heterocycles. The highest BCUT2D eigenvalue weighted by molar-refractivity contribution is 7.89. The predicted octanol–water partition coefficient (Wildman–Crippen LogP) is 1.72. The minimum absolute atomic E-state index is 0.0691. The van der Waals surface area contributed by atoms with Crippen molar-refractivity contribution in [2.75, 3.05) is 26.1 Å². The van der Waals surface area contributed by atoms with Crippen molar-refractivity contribution in [1.29, 1.82) is 5.26 Å². The summed E-state index contributed by atoms with van der Waals surface area (Å²) in [6, 6.07) is 15.9. The summed E-state index contributed by atoms with van der Waals surface area (Å²) in [5.74, 6) is -1.49. The molecule has 2 aromatic carbocycles. The second-order valence-corrected chi connectivity index (χ2v) is 8.45. The zero-order chi connectivity index (χ0) is 24.0. The molecule has 12 heteroatoms. The largest absolute Gasteiger partial charge is 0.452 e. The number of para-hydroxylation sites is 1. The normalized spacial score (nSPS) is 11.1. The van der Waals surface area contributed by atoms with E-state index in [-0.39, 0.29) is 21.8 Å². The Labute approximate surface area is 189 Å². The summed E-state index contributed by atoms with van der Waals surface area (Å²) in [6.07, 6.45) is 1.30. The Bertz CT molecular complexity index is 1310. The average Bonchev–Trinajstić information content (AvgIpc) is 3.24. The van der Waals surface area contributed by atoms with Gasteiger partial charge in [-0.05, 0) is 30.3 Å². The fourth-order valence-electron chi connectivity index (χ4n) is 2.73. The molecule has 0 unspecified atom stereocenters. The molecule has 3 aromatic rings. The number of carbonyl (C=O) groups is 2. The minimum Gasteiger partial charge on any atom is -0.452 e. The summed E-state index contributed by atoms with van der Waals surface area (Å²) in [5, 5.41) is 15.9. The number of hydroxylamine groups is 1. The molecule has 1 heterocycles. The molecule has 1 aromatic heterocycles. The van der Waals surface area contributed by atoms with Crippen LogP contribution >= 0.6 is 0 Å². The van der Waals surface area contributed by atoms with Crippen molar-refractivity contribution in [3.8, 4) is 11.8 Å². The van der Waals surface area contributed by atoms with Crippen molar-refractivity contribution < 1.29 is 27.6 Å². The summed E-state index contributed by atoms with van der Waals surface area (Å²) in [6.45, 7) is -0.668. The first-order chi connectivity index (χ1) is 15.8. The van der Waals surface area contributed by atoms with Gasteiger partial charge in [-0.1, -0.05) is 28.7 Å². The van der Waals surface area contributed by atoms with E-state index in [1.165, 1.54) is 43.2 Å². The van der Waals surface area contributed by atoms with Crippen LogP contribution in [0, 0.1) is 11.3 Å².